The van der Waals surface area contributed by atoms with Gasteiger partial charge < -0.3 is 10.0 Å². The number of anilines is 1. The highest BCUT2D eigenvalue weighted by molar-refractivity contribution is 6.28. The number of halogens is 1. The maximum Gasteiger partial charge on any atom is 0.224 e. The highest BCUT2D eigenvalue weighted by Crippen LogP contribution is 2.30. The van der Waals surface area contributed by atoms with E-state index in [0.29, 0.717) is 6.54 Å². The summed E-state index contributed by atoms with van der Waals surface area (Å²) in [4.78, 5) is 10.2. The molecule has 2 rings (SSSR count). The van der Waals surface area contributed by atoms with E-state index in [2.05, 4.69) is 9.97 Å². The van der Waals surface area contributed by atoms with E-state index in [-0.39, 0.29) is 5.28 Å². The molecule has 17 heavy (non-hydrogen) atoms. The summed E-state index contributed by atoms with van der Waals surface area (Å²) in [5.74, 6) is 0.767. The molecular weight excluding hydrogens is 238 g/mol. The number of aliphatic hydroxyl groups is 1. The van der Waals surface area contributed by atoms with Crippen LogP contribution < -0.4 is 4.90 Å². The van der Waals surface area contributed by atoms with E-state index in [9.17, 15) is 5.11 Å². The standard InChI is InChI=1S/C12H18ClN3O/c1-9-7-10(15-11(13)14-9)16(2)8-12(17)5-3-4-6-12/h7,17H,3-6,8H2,1-2H3. The summed E-state index contributed by atoms with van der Waals surface area (Å²) in [5, 5.41) is 10.6. The van der Waals surface area contributed by atoms with Crippen LogP contribution in [0.1, 0.15) is 31.4 Å². The van der Waals surface area contributed by atoms with Gasteiger partial charge >= 0.3 is 0 Å². The number of rotatable bonds is 3. The van der Waals surface area contributed by atoms with Crippen LogP contribution >= 0.6 is 11.6 Å². The van der Waals surface area contributed by atoms with Gasteiger partial charge in [0.05, 0.1) is 5.60 Å². The second-order valence-corrected chi connectivity index (χ2v) is 5.26. The predicted molar refractivity (Wildman–Crippen MR) is 68.5 cm³/mol. The average molecular weight is 256 g/mol. The van der Waals surface area contributed by atoms with Crippen molar-refractivity contribution in [2.45, 2.75) is 38.2 Å². The Morgan fingerprint density at radius 2 is 2.06 bits per heavy atom. The largest absolute Gasteiger partial charge is 0.388 e. The molecule has 0 saturated heterocycles. The fraction of sp³-hybridized carbons (Fsp3) is 0.667. The summed E-state index contributed by atoms with van der Waals surface area (Å²) >= 11 is 5.83. The van der Waals surface area contributed by atoms with E-state index in [4.69, 9.17) is 11.6 Å². The molecule has 1 heterocycles. The molecule has 0 bridgehead atoms. The summed E-state index contributed by atoms with van der Waals surface area (Å²) in [7, 11) is 1.92. The van der Waals surface area contributed by atoms with Crippen LogP contribution in [-0.4, -0.2) is 34.3 Å². The number of nitrogens with zero attached hydrogens (tertiary/aromatic N) is 3. The second kappa shape index (κ2) is 4.78. The topological polar surface area (TPSA) is 49.2 Å². The lowest BCUT2D eigenvalue weighted by Crippen LogP contribution is -2.39. The number of aryl methyl sites for hydroxylation is 1. The molecule has 0 aromatic carbocycles. The zero-order valence-corrected chi connectivity index (χ0v) is 11.0. The molecule has 4 nitrogen and oxygen atoms in total. The van der Waals surface area contributed by atoms with Gasteiger partial charge in [0, 0.05) is 25.4 Å². The van der Waals surface area contributed by atoms with Crippen LogP contribution in [0.15, 0.2) is 6.07 Å². The van der Waals surface area contributed by atoms with Crippen molar-refractivity contribution in [3.05, 3.63) is 17.0 Å². The summed E-state index contributed by atoms with van der Waals surface area (Å²) in [6, 6.07) is 1.88. The van der Waals surface area contributed by atoms with Crippen LogP contribution in [0.25, 0.3) is 0 Å². The smallest absolute Gasteiger partial charge is 0.224 e. The van der Waals surface area contributed by atoms with E-state index >= 15 is 0 Å². The number of hydrogen-bond donors (Lipinski definition) is 1. The molecule has 1 aromatic rings. The monoisotopic (exact) mass is 255 g/mol. The first-order chi connectivity index (χ1) is 7.98. The molecule has 1 saturated carbocycles. The summed E-state index contributed by atoms with van der Waals surface area (Å²) < 4.78 is 0. The van der Waals surface area contributed by atoms with Crippen LogP contribution in [-0.2, 0) is 0 Å². The quantitative estimate of drug-likeness (QED) is 0.841. The molecule has 1 aliphatic rings. The average Bonchev–Trinajstić information content (AvgIpc) is 2.63. The van der Waals surface area contributed by atoms with E-state index < -0.39 is 5.60 Å². The van der Waals surface area contributed by atoms with Gasteiger partial charge in [-0.2, -0.15) is 0 Å². The Morgan fingerprint density at radius 3 is 2.65 bits per heavy atom. The molecule has 94 valence electrons. The van der Waals surface area contributed by atoms with Crippen molar-refractivity contribution in [1.82, 2.24) is 9.97 Å². The van der Waals surface area contributed by atoms with Gasteiger partial charge in [-0.15, -0.1) is 0 Å². The first kappa shape index (κ1) is 12.6. The van der Waals surface area contributed by atoms with Crippen LogP contribution in [0.4, 0.5) is 5.82 Å². The van der Waals surface area contributed by atoms with Crippen molar-refractivity contribution in [3.8, 4) is 0 Å². The third-order valence-corrected chi connectivity index (χ3v) is 3.44. The van der Waals surface area contributed by atoms with Gasteiger partial charge in [0.15, 0.2) is 0 Å². The molecule has 0 spiro atoms. The first-order valence-corrected chi connectivity index (χ1v) is 6.31. The van der Waals surface area contributed by atoms with Crippen LogP contribution in [0.5, 0.6) is 0 Å². The summed E-state index contributed by atoms with van der Waals surface area (Å²) in [6.45, 7) is 2.48. The summed E-state index contributed by atoms with van der Waals surface area (Å²) in [5.41, 5.74) is 0.269. The normalized spacial score (nSPS) is 18.4. The van der Waals surface area contributed by atoms with Gasteiger partial charge in [-0.1, -0.05) is 12.8 Å². The minimum Gasteiger partial charge on any atom is -0.388 e. The molecule has 1 N–H and O–H groups in total. The van der Waals surface area contributed by atoms with Crippen molar-refractivity contribution in [2.24, 2.45) is 0 Å². The number of hydrogen-bond acceptors (Lipinski definition) is 4. The molecule has 0 aliphatic heterocycles. The van der Waals surface area contributed by atoms with E-state index in [1.165, 1.54) is 0 Å². The SMILES string of the molecule is Cc1cc(N(C)CC2(O)CCCC2)nc(Cl)n1. The van der Waals surface area contributed by atoms with Crippen molar-refractivity contribution >= 4 is 17.4 Å². The zero-order valence-electron chi connectivity index (χ0n) is 10.3. The fourth-order valence-corrected chi connectivity index (χ4v) is 2.65. The highest BCUT2D eigenvalue weighted by atomic mass is 35.5. The van der Waals surface area contributed by atoms with Crippen LogP contribution in [0, 0.1) is 6.92 Å². The third kappa shape index (κ3) is 3.07. The Bertz CT molecular complexity index is 384. The van der Waals surface area contributed by atoms with Crippen molar-refractivity contribution in [3.63, 3.8) is 0 Å². The van der Waals surface area contributed by atoms with Crippen LogP contribution in [0.3, 0.4) is 0 Å². The van der Waals surface area contributed by atoms with Crippen LogP contribution in [0.2, 0.25) is 5.28 Å². The highest BCUT2D eigenvalue weighted by Gasteiger charge is 2.32. The minimum atomic E-state index is -0.569. The molecular formula is C12H18ClN3O. The maximum absolute atomic E-state index is 10.3. The van der Waals surface area contributed by atoms with E-state index in [1.54, 1.807) is 0 Å². The van der Waals surface area contributed by atoms with Gasteiger partial charge in [0.1, 0.15) is 5.82 Å². The lowest BCUT2D eigenvalue weighted by atomic mass is 10.0. The Hall–Kier alpha value is -0.870. The van der Waals surface area contributed by atoms with Crippen molar-refractivity contribution in [2.75, 3.05) is 18.5 Å². The minimum absolute atomic E-state index is 0.255. The lowest BCUT2D eigenvalue weighted by molar-refractivity contribution is 0.0558. The molecule has 1 fully saturated rings. The predicted octanol–water partition coefficient (Wildman–Crippen LogP) is 2.18. The molecule has 0 radical (unpaired) electrons. The van der Waals surface area contributed by atoms with Gasteiger partial charge in [0.25, 0.3) is 0 Å². The Morgan fingerprint density at radius 1 is 1.41 bits per heavy atom. The van der Waals surface area contributed by atoms with Crippen molar-refractivity contribution < 1.29 is 5.11 Å². The Labute approximate surface area is 107 Å². The Balaban J connectivity index is 2.11. The molecule has 1 aliphatic carbocycles. The molecule has 5 heteroatoms. The Kier molecular flexibility index (Phi) is 3.54. The lowest BCUT2D eigenvalue weighted by Gasteiger charge is -2.29. The molecule has 1 aromatic heterocycles. The van der Waals surface area contributed by atoms with E-state index in [1.807, 2.05) is 24.9 Å². The molecule has 0 atom stereocenters. The molecule has 0 unspecified atom stereocenters. The van der Waals surface area contributed by atoms with Gasteiger partial charge in [0.2, 0.25) is 5.28 Å². The van der Waals surface area contributed by atoms with Gasteiger partial charge in [-0.3, -0.25) is 0 Å². The van der Waals surface area contributed by atoms with E-state index in [0.717, 1.165) is 37.2 Å². The second-order valence-electron chi connectivity index (χ2n) is 4.92. The number of aromatic nitrogens is 2. The molecule has 0 amide bonds. The zero-order chi connectivity index (χ0) is 12.5. The number of likely N-dealkylation sites (N-methyl/N-ethyl adjacent to an activating group) is 1. The maximum atomic E-state index is 10.3. The van der Waals surface area contributed by atoms with Gasteiger partial charge in [-0.25, -0.2) is 9.97 Å². The summed E-state index contributed by atoms with van der Waals surface area (Å²) in [6.07, 6.45) is 3.95. The van der Waals surface area contributed by atoms with Gasteiger partial charge in [-0.05, 0) is 31.4 Å². The van der Waals surface area contributed by atoms with Crippen molar-refractivity contribution in [1.29, 1.82) is 0 Å². The fourth-order valence-electron chi connectivity index (χ4n) is 2.43. The first-order valence-electron chi connectivity index (χ1n) is 5.93. The third-order valence-electron chi connectivity index (χ3n) is 3.27.